The number of aryl methyl sites for hydroxylation is 1. The van der Waals surface area contributed by atoms with E-state index in [-0.39, 0.29) is 18.0 Å². The van der Waals surface area contributed by atoms with E-state index in [4.69, 9.17) is 5.73 Å². The molecule has 0 saturated carbocycles. The van der Waals surface area contributed by atoms with Crippen LogP contribution in [0, 0.1) is 6.92 Å². The lowest BCUT2D eigenvalue weighted by Gasteiger charge is -2.26. The van der Waals surface area contributed by atoms with Crippen molar-refractivity contribution in [3.63, 3.8) is 0 Å². The average molecular weight is 276 g/mol. The van der Waals surface area contributed by atoms with E-state index < -0.39 is 18.1 Å². The largest absolute Gasteiger partial charge is 0.455 e. The van der Waals surface area contributed by atoms with Gasteiger partial charge in [0.2, 0.25) is 0 Å². The zero-order chi connectivity index (χ0) is 12.6. The first-order valence-electron chi connectivity index (χ1n) is 4.43. The molecule has 98 valence electrons. The third-order valence-corrected chi connectivity index (χ3v) is 2.17. The highest BCUT2D eigenvalue weighted by atomic mass is 35.5. The average Bonchev–Trinajstić information content (AvgIpc) is 2.14. The Bertz CT molecular complexity index is 377. The third kappa shape index (κ3) is 3.29. The molecule has 1 aromatic rings. The minimum Gasteiger partial charge on any atom is -0.319 e. The Morgan fingerprint density at radius 1 is 1.12 bits per heavy atom. The zero-order valence-corrected chi connectivity index (χ0v) is 9.58. The summed E-state index contributed by atoms with van der Waals surface area (Å²) in [4.78, 5) is 0. The van der Waals surface area contributed by atoms with Gasteiger partial charge in [0, 0.05) is 0 Å². The number of hydrogen-bond acceptors (Lipinski definition) is 1. The van der Waals surface area contributed by atoms with Crippen LogP contribution in [0.15, 0.2) is 24.3 Å². The predicted octanol–water partition coefficient (Wildman–Crippen LogP) is 3.61. The van der Waals surface area contributed by atoms with Crippen molar-refractivity contribution in [2.45, 2.75) is 25.1 Å². The van der Waals surface area contributed by atoms with Crippen molar-refractivity contribution in [1.82, 2.24) is 0 Å². The molecule has 1 atom stereocenters. The van der Waals surface area contributed by atoms with Crippen molar-refractivity contribution in [1.29, 1.82) is 0 Å². The fraction of sp³-hybridized carbons (Fsp3) is 0.400. The van der Waals surface area contributed by atoms with Gasteiger partial charge in [-0.05, 0) is 12.5 Å². The molecule has 2 N–H and O–H groups in total. The summed E-state index contributed by atoms with van der Waals surface area (Å²) >= 11 is 0. The number of rotatable bonds is 2. The second-order valence-corrected chi connectivity index (χ2v) is 3.51. The van der Waals surface area contributed by atoms with E-state index in [9.17, 15) is 22.0 Å². The Kier molecular flexibility index (Phi) is 4.91. The maximum atomic E-state index is 12.9. The lowest BCUT2D eigenvalue weighted by atomic mass is 9.99. The van der Waals surface area contributed by atoms with Gasteiger partial charge in [-0.3, -0.25) is 0 Å². The van der Waals surface area contributed by atoms with Crippen molar-refractivity contribution >= 4 is 12.4 Å². The molecule has 0 bridgehead atoms. The lowest BCUT2D eigenvalue weighted by molar-refractivity contribution is -0.291. The Morgan fingerprint density at radius 2 is 1.65 bits per heavy atom. The normalized spacial score (nSPS) is 14.1. The van der Waals surface area contributed by atoms with E-state index in [1.54, 1.807) is 13.0 Å². The number of benzene rings is 1. The van der Waals surface area contributed by atoms with E-state index in [1.165, 1.54) is 12.1 Å². The van der Waals surface area contributed by atoms with Crippen molar-refractivity contribution in [3.8, 4) is 0 Å². The number of hydrogen-bond donors (Lipinski definition) is 1. The molecule has 0 aromatic heterocycles. The topological polar surface area (TPSA) is 26.0 Å². The van der Waals surface area contributed by atoms with Gasteiger partial charge in [0.05, 0.1) is 0 Å². The van der Waals surface area contributed by atoms with Gasteiger partial charge in [0.25, 0.3) is 0 Å². The van der Waals surface area contributed by atoms with Crippen LogP contribution in [0.3, 0.4) is 0 Å². The second kappa shape index (κ2) is 5.18. The van der Waals surface area contributed by atoms with Gasteiger partial charge in [0.1, 0.15) is 6.04 Å². The first kappa shape index (κ1) is 16.1. The van der Waals surface area contributed by atoms with Crippen LogP contribution in [0.25, 0.3) is 0 Å². The van der Waals surface area contributed by atoms with Crippen molar-refractivity contribution in [2.75, 3.05) is 0 Å². The molecule has 0 aliphatic carbocycles. The van der Waals surface area contributed by atoms with Gasteiger partial charge < -0.3 is 5.73 Å². The molecule has 1 nitrogen and oxygen atoms in total. The smallest absolute Gasteiger partial charge is 0.319 e. The molecule has 0 heterocycles. The van der Waals surface area contributed by atoms with Gasteiger partial charge in [-0.2, -0.15) is 22.0 Å². The monoisotopic (exact) mass is 275 g/mol. The zero-order valence-electron chi connectivity index (χ0n) is 8.76. The summed E-state index contributed by atoms with van der Waals surface area (Å²) in [6.45, 7) is 1.59. The van der Waals surface area contributed by atoms with Crippen molar-refractivity contribution in [2.24, 2.45) is 5.73 Å². The molecule has 0 radical (unpaired) electrons. The summed E-state index contributed by atoms with van der Waals surface area (Å²) in [5, 5.41) is 0. The van der Waals surface area contributed by atoms with Gasteiger partial charge in [-0.1, -0.05) is 29.8 Å². The molecule has 0 unspecified atom stereocenters. The van der Waals surface area contributed by atoms with Gasteiger partial charge in [-0.25, -0.2) is 0 Å². The predicted molar refractivity (Wildman–Crippen MR) is 56.4 cm³/mol. The molecule has 0 saturated heterocycles. The van der Waals surface area contributed by atoms with Gasteiger partial charge in [-0.15, -0.1) is 12.4 Å². The standard InChI is InChI=1S/C10H10F5N.ClH/c1-6-3-2-4-7(5-6)8(16)9(11,12)10(13,14)15;/h2-5,8H,16H2,1H3;1H/t8-;/m1./s1. The molecule has 0 amide bonds. The molecule has 0 fully saturated rings. The quantitative estimate of drug-likeness (QED) is 0.820. The Balaban J connectivity index is 0.00000256. The molecule has 0 aliphatic rings. The van der Waals surface area contributed by atoms with Crippen molar-refractivity contribution < 1.29 is 22.0 Å². The summed E-state index contributed by atoms with van der Waals surface area (Å²) in [6.07, 6.45) is -5.64. The van der Waals surface area contributed by atoms with Gasteiger partial charge in [0.15, 0.2) is 0 Å². The van der Waals surface area contributed by atoms with Crippen LogP contribution in [0.2, 0.25) is 0 Å². The first-order valence-corrected chi connectivity index (χ1v) is 4.43. The van der Waals surface area contributed by atoms with Crippen LogP contribution < -0.4 is 5.73 Å². The number of alkyl halides is 5. The van der Waals surface area contributed by atoms with Crippen LogP contribution in [0.4, 0.5) is 22.0 Å². The van der Waals surface area contributed by atoms with Crippen LogP contribution in [-0.2, 0) is 0 Å². The van der Waals surface area contributed by atoms with Crippen LogP contribution in [0.5, 0.6) is 0 Å². The molecule has 7 heteroatoms. The van der Waals surface area contributed by atoms with E-state index in [0.717, 1.165) is 6.07 Å². The Hall–Kier alpha value is -0.880. The summed E-state index contributed by atoms with van der Waals surface area (Å²) in [5.41, 5.74) is 5.30. The summed E-state index contributed by atoms with van der Waals surface area (Å²) < 4.78 is 61.9. The highest BCUT2D eigenvalue weighted by Gasteiger charge is 2.61. The first-order chi connectivity index (χ1) is 7.16. The van der Waals surface area contributed by atoms with E-state index in [1.807, 2.05) is 0 Å². The summed E-state index contributed by atoms with van der Waals surface area (Å²) in [7, 11) is 0. The molecule has 0 aliphatic heterocycles. The lowest BCUT2D eigenvalue weighted by Crippen LogP contribution is -2.45. The second-order valence-electron chi connectivity index (χ2n) is 3.51. The maximum Gasteiger partial charge on any atom is 0.455 e. The molecular formula is C10H11ClF5N. The number of nitrogens with two attached hydrogens (primary N) is 1. The minimum atomic E-state index is -5.64. The molecule has 1 rings (SSSR count). The van der Waals surface area contributed by atoms with Gasteiger partial charge >= 0.3 is 12.1 Å². The molecule has 1 aromatic carbocycles. The highest BCUT2D eigenvalue weighted by molar-refractivity contribution is 5.85. The summed E-state index contributed by atoms with van der Waals surface area (Å²) in [5.74, 6) is -4.93. The maximum absolute atomic E-state index is 12.9. The van der Waals surface area contributed by atoms with Crippen LogP contribution in [0.1, 0.15) is 17.2 Å². The van der Waals surface area contributed by atoms with E-state index in [2.05, 4.69) is 0 Å². The van der Waals surface area contributed by atoms with Crippen LogP contribution in [-0.4, -0.2) is 12.1 Å². The molecular weight excluding hydrogens is 265 g/mol. The Labute approximate surface area is 101 Å². The molecule has 0 spiro atoms. The fourth-order valence-electron chi connectivity index (χ4n) is 1.25. The fourth-order valence-corrected chi connectivity index (χ4v) is 1.25. The molecule has 17 heavy (non-hydrogen) atoms. The highest BCUT2D eigenvalue weighted by Crippen LogP contribution is 2.43. The third-order valence-electron chi connectivity index (χ3n) is 2.17. The van der Waals surface area contributed by atoms with Crippen LogP contribution >= 0.6 is 12.4 Å². The Morgan fingerprint density at radius 3 is 2.06 bits per heavy atom. The van der Waals surface area contributed by atoms with Crippen molar-refractivity contribution in [3.05, 3.63) is 35.4 Å². The van der Waals surface area contributed by atoms with E-state index >= 15 is 0 Å². The summed E-state index contributed by atoms with van der Waals surface area (Å²) in [6, 6.07) is 2.95. The SMILES string of the molecule is Cc1cccc([C@@H](N)C(F)(F)C(F)(F)F)c1.Cl. The number of halogens is 6. The minimum absolute atomic E-state index is 0. The van der Waals surface area contributed by atoms with E-state index in [0.29, 0.717) is 5.56 Å².